The number of ketones is 1. The minimum absolute atomic E-state index is 0.207. The van der Waals surface area contributed by atoms with Gasteiger partial charge in [-0.25, -0.2) is 0 Å². The van der Waals surface area contributed by atoms with Crippen LogP contribution in [-0.2, 0) is 11.2 Å². The van der Waals surface area contributed by atoms with Gasteiger partial charge in [0.05, 0.1) is 6.20 Å². The van der Waals surface area contributed by atoms with Gasteiger partial charge < -0.3 is 0 Å². The second-order valence-electron chi connectivity index (χ2n) is 3.46. The number of carbonyl (C=O) groups excluding carboxylic acids is 1. The molecule has 0 unspecified atom stereocenters. The molecule has 12 heavy (non-hydrogen) atoms. The molecule has 1 heterocycles. The first-order valence-electron chi connectivity index (χ1n) is 4.29. The normalized spacial score (nSPS) is 16.4. The van der Waals surface area contributed by atoms with Crippen LogP contribution in [0.1, 0.15) is 36.9 Å². The number of rotatable bonds is 3. The molecule has 0 radical (unpaired) electrons. The molecule has 0 amide bonds. The van der Waals surface area contributed by atoms with Crippen molar-refractivity contribution >= 4 is 5.78 Å². The number of hydrogen-bond acceptors (Lipinski definition) is 2. The van der Waals surface area contributed by atoms with Gasteiger partial charge in [-0.2, -0.15) is 5.10 Å². The Morgan fingerprint density at radius 1 is 1.75 bits per heavy atom. The maximum atomic E-state index is 10.9. The maximum absolute atomic E-state index is 10.9. The monoisotopic (exact) mass is 164 g/mol. The van der Waals surface area contributed by atoms with Crippen LogP contribution in [0.4, 0.5) is 0 Å². The van der Waals surface area contributed by atoms with Crippen LogP contribution < -0.4 is 0 Å². The van der Waals surface area contributed by atoms with Gasteiger partial charge >= 0.3 is 0 Å². The Kier molecular flexibility index (Phi) is 1.71. The van der Waals surface area contributed by atoms with E-state index < -0.39 is 0 Å². The fourth-order valence-electron chi connectivity index (χ4n) is 1.46. The van der Waals surface area contributed by atoms with Crippen molar-refractivity contribution in [2.45, 2.75) is 32.1 Å². The van der Waals surface area contributed by atoms with Gasteiger partial charge in [-0.1, -0.05) is 0 Å². The molecular formula is C9H12N2O. The molecule has 0 saturated heterocycles. The lowest BCUT2D eigenvalue weighted by Gasteiger charge is -1.96. The number of nitrogens with zero attached hydrogens (tertiary/aromatic N) is 1. The number of aromatic amines is 1. The summed E-state index contributed by atoms with van der Waals surface area (Å²) in [6.45, 7) is 1.61. The third-order valence-electron chi connectivity index (χ3n) is 2.18. The summed E-state index contributed by atoms with van der Waals surface area (Å²) < 4.78 is 0. The third kappa shape index (κ3) is 1.40. The Bertz CT molecular complexity index is 299. The second-order valence-corrected chi connectivity index (χ2v) is 3.46. The zero-order valence-corrected chi connectivity index (χ0v) is 7.13. The molecule has 1 aromatic rings. The summed E-state index contributed by atoms with van der Waals surface area (Å²) in [7, 11) is 0. The van der Waals surface area contributed by atoms with E-state index in [1.807, 2.05) is 0 Å². The first-order valence-corrected chi connectivity index (χ1v) is 4.29. The van der Waals surface area contributed by atoms with Crippen molar-refractivity contribution in [3.8, 4) is 0 Å². The van der Waals surface area contributed by atoms with Gasteiger partial charge in [-0.05, 0) is 19.8 Å². The van der Waals surface area contributed by atoms with Crippen molar-refractivity contribution in [2.75, 3.05) is 0 Å². The molecule has 2 rings (SSSR count). The minimum atomic E-state index is 0.207. The molecule has 0 aliphatic heterocycles. The highest BCUT2D eigenvalue weighted by molar-refractivity contribution is 5.78. The highest BCUT2D eigenvalue weighted by Crippen LogP contribution is 2.40. The highest BCUT2D eigenvalue weighted by atomic mass is 16.1. The van der Waals surface area contributed by atoms with E-state index >= 15 is 0 Å². The predicted molar refractivity (Wildman–Crippen MR) is 44.9 cm³/mol. The average molecular weight is 164 g/mol. The van der Waals surface area contributed by atoms with Crippen LogP contribution in [0.15, 0.2) is 6.20 Å². The number of aromatic nitrogens is 2. The molecule has 3 heteroatoms. The zero-order valence-electron chi connectivity index (χ0n) is 7.13. The van der Waals surface area contributed by atoms with Crippen LogP contribution >= 0.6 is 0 Å². The van der Waals surface area contributed by atoms with E-state index in [0.29, 0.717) is 12.3 Å². The summed E-state index contributed by atoms with van der Waals surface area (Å²) in [6.07, 6.45) is 4.79. The molecule has 0 atom stereocenters. The molecule has 1 N–H and O–H groups in total. The number of Topliss-reactive ketones (excluding diaryl/α,β-unsaturated/α-hetero) is 1. The van der Waals surface area contributed by atoms with Crippen LogP contribution in [0.2, 0.25) is 0 Å². The fraction of sp³-hybridized carbons (Fsp3) is 0.556. The summed E-state index contributed by atoms with van der Waals surface area (Å²) in [5.74, 6) is 0.861. The number of nitrogens with one attached hydrogen (secondary N) is 1. The molecule has 1 aliphatic rings. The summed E-state index contributed by atoms with van der Waals surface area (Å²) >= 11 is 0. The van der Waals surface area contributed by atoms with E-state index in [0.717, 1.165) is 5.56 Å². The first-order chi connectivity index (χ1) is 5.77. The largest absolute Gasteiger partial charge is 0.300 e. The quantitative estimate of drug-likeness (QED) is 0.734. The van der Waals surface area contributed by atoms with Crippen molar-refractivity contribution in [3.63, 3.8) is 0 Å². The molecule has 0 spiro atoms. The Morgan fingerprint density at radius 3 is 3.08 bits per heavy atom. The van der Waals surface area contributed by atoms with Crippen molar-refractivity contribution in [2.24, 2.45) is 0 Å². The van der Waals surface area contributed by atoms with Gasteiger partial charge in [0.25, 0.3) is 0 Å². The van der Waals surface area contributed by atoms with E-state index in [-0.39, 0.29) is 5.78 Å². The van der Waals surface area contributed by atoms with Crippen molar-refractivity contribution in [1.82, 2.24) is 10.2 Å². The van der Waals surface area contributed by atoms with Crippen molar-refractivity contribution in [3.05, 3.63) is 17.5 Å². The number of H-pyrrole nitrogens is 1. The predicted octanol–water partition coefficient (Wildman–Crippen LogP) is 1.42. The Hall–Kier alpha value is -1.12. The SMILES string of the molecule is CC(=O)Cc1cn[nH]c1C1CC1. The fourth-order valence-corrected chi connectivity index (χ4v) is 1.46. The number of carbonyl (C=O) groups is 1. The van der Waals surface area contributed by atoms with E-state index in [4.69, 9.17) is 0 Å². The topological polar surface area (TPSA) is 45.8 Å². The Labute approximate surface area is 71.2 Å². The minimum Gasteiger partial charge on any atom is -0.300 e. The van der Waals surface area contributed by atoms with E-state index in [2.05, 4.69) is 10.2 Å². The van der Waals surface area contributed by atoms with Crippen molar-refractivity contribution in [1.29, 1.82) is 0 Å². The summed E-state index contributed by atoms with van der Waals surface area (Å²) in [4.78, 5) is 10.9. The van der Waals surface area contributed by atoms with Gasteiger partial charge in [-0.3, -0.25) is 9.89 Å². The lowest BCUT2D eigenvalue weighted by molar-refractivity contribution is -0.116. The van der Waals surface area contributed by atoms with Crippen LogP contribution in [0.5, 0.6) is 0 Å². The van der Waals surface area contributed by atoms with Crippen LogP contribution in [-0.4, -0.2) is 16.0 Å². The number of hydrogen-bond donors (Lipinski definition) is 1. The van der Waals surface area contributed by atoms with E-state index in [9.17, 15) is 4.79 Å². The van der Waals surface area contributed by atoms with Gasteiger partial charge in [0.2, 0.25) is 0 Å². The maximum Gasteiger partial charge on any atom is 0.134 e. The Balaban J connectivity index is 2.18. The molecule has 3 nitrogen and oxygen atoms in total. The summed E-state index contributed by atoms with van der Waals surface area (Å²) in [5.41, 5.74) is 2.27. The van der Waals surface area contributed by atoms with Gasteiger partial charge in [0, 0.05) is 23.6 Å². The van der Waals surface area contributed by atoms with Crippen molar-refractivity contribution < 1.29 is 4.79 Å². The highest BCUT2D eigenvalue weighted by Gasteiger charge is 2.27. The third-order valence-corrected chi connectivity index (χ3v) is 2.18. The first kappa shape index (κ1) is 7.53. The van der Waals surface area contributed by atoms with E-state index in [1.165, 1.54) is 18.5 Å². The Morgan fingerprint density at radius 2 is 2.50 bits per heavy atom. The molecule has 1 aliphatic carbocycles. The summed E-state index contributed by atoms with van der Waals surface area (Å²) in [5, 5.41) is 6.93. The molecule has 1 aromatic heterocycles. The molecule has 0 aromatic carbocycles. The van der Waals surface area contributed by atoms with Gasteiger partial charge in [0.15, 0.2) is 0 Å². The standard InChI is InChI=1S/C9H12N2O/c1-6(12)4-8-5-10-11-9(8)7-2-3-7/h5,7H,2-4H2,1H3,(H,10,11). The van der Waals surface area contributed by atoms with Crippen LogP contribution in [0.25, 0.3) is 0 Å². The second kappa shape index (κ2) is 2.73. The van der Waals surface area contributed by atoms with Gasteiger partial charge in [0.1, 0.15) is 5.78 Å². The van der Waals surface area contributed by atoms with Gasteiger partial charge in [-0.15, -0.1) is 0 Å². The molecule has 1 fully saturated rings. The average Bonchev–Trinajstić information content (AvgIpc) is 2.73. The zero-order chi connectivity index (χ0) is 8.55. The molecule has 0 bridgehead atoms. The smallest absolute Gasteiger partial charge is 0.134 e. The molecule has 64 valence electrons. The molecular weight excluding hydrogens is 152 g/mol. The lowest BCUT2D eigenvalue weighted by atomic mass is 10.1. The molecule has 1 saturated carbocycles. The summed E-state index contributed by atoms with van der Waals surface area (Å²) in [6, 6.07) is 0. The van der Waals surface area contributed by atoms with Crippen LogP contribution in [0.3, 0.4) is 0 Å². The lowest BCUT2D eigenvalue weighted by Crippen LogP contribution is -1.97. The van der Waals surface area contributed by atoms with E-state index in [1.54, 1.807) is 13.1 Å². The van der Waals surface area contributed by atoms with Crippen LogP contribution in [0, 0.1) is 0 Å².